The summed E-state index contributed by atoms with van der Waals surface area (Å²) in [5.41, 5.74) is 1.16. The third kappa shape index (κ3) is 2.74. The summed E-state index contributed by atoms with van der Waals surface area (Å²) in [5, 5.41) is 20.6. The lowest BCUT2D eigenvalue weighted by molar-refractivity contribution is 0.0944. The molecule has 16 heavy (non-hydrogen) atoms. The molecule has 1 unspecified atom stereocenters. The zero-order chi connectivity index (χ0) is 12.1. The number of phenolic OH excluding ortho intramolecular Hbond substituents is 1. The van der Waals surface area contributed by atoms with E-state index in [0.29, 0.717) is 17.5 Å². The minimum atomic E-state index is -0.472. The molecule has 4 nitrogen and oxygen atoms in total. The van der Waals surface area contributed by atoms with Crippen molar-refractivity contribution in [1.82, 2.24) is 5.32 Å². The number of hydrogen-bond donors (Lipinski definition) is 2. The molecule has 4 heteroatoms. The predicted octanol–water partition coefficient (Wildman–Crippen LogP) is 1.73. The normalized spacial score (nSPS) is 11.6. The summed E-state index contributed by atoms with van der Waals surface area (Å²) in [7, 11) is 0. The lowest BCUT2D eigenvalue weighted by atomic mass is 10.1. The van der Waals surface area contributed by atoms with Crippen molar-refractivity contribution >= 4 is 5.91 Å². The summed E-state index contributed by atoms with van der Waals surface area (Å²) in [5.74, 6) is -0.160. The van der Waals surface area contributed by atoms with Crippen LogP contribution in [0.25, 0.3) is 0 Å². The summed E-state index contributed by atoms with van der Waals surface area (Å²) in [4.78, 5) is 11.8. The van der Waals surface area contributed by atoms with Crippen molar-refractivity contribution in [2.24, 2.45) is 0 Å². The number of nitriles is 1. The van der Waals surface area contributed by atoms with Gasteiger partial charge in [0.05, 0.1) is 6.07 Å². The van der Waals surface area contributed by atoms with Gasteiger partial charge in [0.25, 0.3) is 5.91 Å². The Labute approximate surface area is 94.5 Å². The fourth-order valence-electron chi connectivity index (χ4n) is 1.36. The van der Waals surface area contributed by atoms with Gasteiger partial charge in [0.2, 0.25) is 0 Å². The van der Waals surface area contributed by atoms with Gasteiger partial charge in [-0.15, -0.1) is 0 Å². The Balaban J connectivity index is 2.85. The molecule has 1 aromatic rings. The summed E-state index contributed by atoms with van der Waals surface area (Å²) in [6.07, 6.45) is 0.569. The Morgan fingerprint density at radius 3 is 2.81 bits per heavy atom. The average molecular weight is 218 g/mol. The number of aromatic hydroxyl groups is 1. The van der Waals surface area contributed by atoms with Crippen molar-refractivity contribution in [2.75, 3.05) is 0 Å². The van der Waals surface area contributed by atoms with Gasteiger partial charge in [0.15, 0.2) is 0 Å². The molecule has 0 bridgehead atoms. The molecule has 0 saturated carbocycles. The first-order chi connectivity index (χ1) is 7.58. The zero-order valence-electron chi connectivity index (χ0n) is 9.32. The van der Waals surface area contributed by atoms with Crippen molar-refractivity contribution in [1.29, 1.82) is 5.26 Å². The van der Waals surface area contributed by atoms with Crippen molar-refractivity contribution in [3.8, 4) is 11.8 Å². The van der Waals surface area contributed by atoms with E-state index >= 15 is 0 Å². The average Bonchev–Trinajstić information content (AvgIpc) is 2.25. The summed E-state index contributed by atoms with van der Waals surface area (Å²) in [6, 6.07) is 6.05. The Morgan fingerprint density at radius 2 is 2.31 bits per heavy atom. The van der Waals surface area contributed by atoms with Crippen LogP contribution in [0.2, 0.25) is 0 Å². The number of aryl methyl sites for hydroxylation is 1. The molecular formula is C12H14N2O2. The molecule has 0 aliphatic carbocycles. The summed E-state index contributed by atoms with van der Waals surface area (Å²) < 4.78 is 0. The van der Waals surface area contributed by atoms with Crippen molar-refractivity contribution in [3.05, 3.63) is 29.3 Å². The maximum Gasteiger partial charge on any atom is 0.252 e. The molecule has 2 N–H and O–H groups in total. The number of phenols is 1. The fourth-order valence-corrected chi connectivity index (χ4v) is 1.36. The molecular weight excluding hydrogens is 204 g/mol. The highest BCUT2D eigenvalue weighted by molar-refractivity contribution is 5.96. The van der Waals surface area contributed by atoms with E-state index in [-0.39, 0.29) is 11.7 Å². The molecule has 0 spiro atoms. The zero-order valence-corrected chi connectivity index (χ0v) is 9.32. The van der Waals surface area contributed by atoms with Gasteiger partial charge in [0.1, 0.15) is 11.8 Å². The molecule has 1 amide bonds. The molecule has 0 aliphatic heterocycles. The van der Waals surface area contributed by atoms with Crippen LogP contribution in [-0.4, -0.2) is 17.1 Å². The molecule has 0 radical (unpaired) electrons. The van der Waals surface area contributed by atoms with Gasteiger partial charge in [-0.1, -0.05) is 6.92 Å². The molecule has 0 fully saturated rings. The SMILES string of the molecule is CCC(C#N)NC(=O)c1ccc(O)cc1C. The van der Waals surface area contributed by atoms with Crippen molar-refractivity contribution in [2.45, 2.75) is 26.3 Å². The first kappa shape index (κ1) is 12.1. The van der Waals surface area contributed by atoms with E-state index in [9.17, 15) is 9.90 Å². The van der Waals surface area contributed by atoms with Crippen LogP contribution in [0.1, 0.15) is 29.3 Å². The van der Waals surface area contributed by atoms with Crippen molar-refractivity contribution < 1.29 is 9.90 Å². The highest BCUT2D eigenvalue weighted by Gasteiger charge is 2.13. The summed E-state index contributed by atoms with van der Waals surface area (Å²) in [6.45, 7) is 3.57. The summed E-state index contributed by atoms with van der Waals surface area (Å²) >= 11 is 0. The molecule has 84 valence electrons. The minimum Gasteiger partial charge on any atom is -0.508 e. The maximum atomic E-state index is 11.8. The second-order valence-electron chi connectivity index (χ2n) is 3.56. The van der Waals surface area contributed by atoms with Crippen LogP contribution in [0.4, 0.5) is 0 Å². The fraction of sp³-hybridized carbons (Fsp3) is 0.333. The Bertz CT molecular complexity index is 435. The van der Waals surface area contributed by atoms with E-state index in [4.69, 9.17) is 5.26 Å². The van der Waals surface area contributed by atoms with Gasteiger partial charge < -0.3 is 10.4 Å². The van der Waals surface area contributed by atoms with Crippen LogP contribution in [0.3, 0.4) is 0 Å². The van der Waals surface area contributed by atoms with E-state index in [2.05, 4.69) is 5.32 Å². The van der Waals surface area contributed by atoms with E-state index < -0.39 is 6.04 Å². The number of nitrogens with one attached hydrogen (secondary N) is 1. The number of amides is 1. The number of rotatable bonds is 3. The van der Waals surface area contributed by atoms with E-state index in [1.807, 2.05) is 13.0 Å². The van der Waals surface area contributed by atoms with Crippen molar-refractivity contribution in [3.63, 3.8) is 0 Å². The van der Waals surface area contributed by atoms with E-state index in [0.717, 1.165) is 0 Å². The molecule has 0 aromatic heterocycles. The minimum absolute atomic E-state index is 0.126. The Hall–Kier alpha value is -2.02. The largest absolute Gasteiger partial charge is 0.508 e. The third-order valence-corrected chi connectivity index (χ3v) is 2.32. The lowest BCUT2D eigenvalue weighted by Crippen LogP contribution is -2.33. The number of carbonyl (C=O) groups is 1. The highest BCUT2D eigenvalue weighted by Crippen LogP contribution is 2.15. The van der Waals surface area contributed by atoms with E-state index in [1.54, 1.807) is 13.0 Å². The Kier molecular flexibility index (Phi) is 3.90. The van der Waals surface area contributed by atoms with Gasteiger partial charge >= 0.3 is 0 Å². The standard InChI is InChI=1S/C12H14N2O2/c1-3-9(7-13)14-12(16)11-5-4-10(15)6-8(11)2/h4-6,9,15H,3H2,1-2H3,(H,14,16). The quantitative estimate of drug-likeness (QED) is 0.811. The van der Waals surface area contributed by atoms with Crippen LogP contribution < -0.4 is 5.32 Å². The van der Waals surface area contributed by atoms with Gasteiger partial charge in [0, 0.05) is 5.56 Å². The first-order valence-corrected chi connectivity index (χ1v) is 5.08. The van der Waals surface area contributed by atoms with Crippen LogP contribution in [0, 0.1) is 18.3 Å². The van der Waals surface area contributed by atoms with Crippen LogP contribution in [0.15, 0.2) is 18.2 Å². The lowest BCUT2D eigenvalue weighted by Gasteiger charge is -2.10. The molecule has 0 aliphatic rings. The van der Waals surface area contributed by atoms with Gasteiger partial charge in [-0.3, -0.25) is 4.79 Å². The van der Waals surface area contributed by atoms with Crippen LogP contribution in [0.5, 0.6) is 5.75 Å². The molecule has 1 rings (SSSR count). The number of benzene rings is 1. The smallest absolute Gasteiger partial charge is 0.252 e. The monoisotopic (exact) mass is 218 g/mol. The molecule has 0 heterocycles. The third-order valence-electron chi connectivity index (χ3n) is 2.32. The second-order valence-corrected chi connectivity index (χ2v) is 3.56. The topological polar surface area (TPSA) is 73.1 Å². The van der Waals surface area contributed by atoms with Crippen LogP contribution in [-0.2, 0) is 0 Å². The number of nitrogens with zero attached hydrogens (tertiary/aromatic N) is 1. The van der Waals surface area contributed by atoms with Gasteiger partial charge in [-0.05, 0) is 37.1 Å². The van der Waals surface area contributed by atoms with Gasteiger partial charge in [-0.25, -0.2) is 0 Å². The number of hydrogen-bond acceptors (Lipinski definition) is 3. The van der Waals surface area contributed by atoms with Gasteiger partial charge in [-0.2, -0.15) is 5.26 Å². The molecule has 1 aromatic carbocycles. The molecule has 1 atom stereocenters. The predicted molar refractivity (Wildman–Crippen MR) is 60.0 cm³/mol. The van der Waals surface area contributed by atoms with Crippen LogP contribution >= 0.6 is 0 Å². The van der Waals surface area contributed by atoms with E-state index in [1.165, 1.54) is 12.1 Å². The maximum absolute atomic E-state index is 11.8. The first-order valence-electron chi connectivity index (χ1n) is 5.08. The number of carbonyl (C=O) groups excluding carboxylic acids is 1. The highest BCUT2D eigenvalue weighted by atomic mass is 16.3. The Morgan fingerprint density at radius 1 is 1.62 bits per heavy atom. The second kappa shape index (κ2) is 5.17. The molecule has 0 saturated heterocycles.